The average Bonchev–Trinajstić information content (AvgIpc) is 2.62. The Labute approximate surface area is 139 Å². The van der Waals surface area contributed by atoms with Gasteiger partial charge in [-0.2, -0.15) is 0 Å². The van der Waals surface area contributed by atoms with Crippen molar-refractivity contribution in [2.24, 2.45) is 0 Å². The maximum absolute atomic E-state index is 2.72. The molecule has 23 heavy (non-hydrogen) atoms. The average molecular weight is 306 g/mol. The normalized spacial score (nSPS) is 22.7. The number of likely N-dealkylation sites (tertiary alicyclic amines) is 1. The van der Waals surface area contributed by atoms with Crippen molar-refractivity contribution >= 4 is 0 Å². The Morgan fingerprint density at radius 1 is 0.870 bits per heavy atom. The molecule has 1 fully saturated rings. The number of rotatable bonds is 3. The Morgan fingerprint density at radius 2 is 1.65 bits per heavy atom. The molecule has 0 N–H and O–H groups in total. The molecule has 1 atom stereocenters. The van der Waals surface area contributed by atoms with Gasteiger partial charge in [0.15, 0.2) is 0 Å². The summed E-state index contributed by atoms with van der Waals surface area (Å²) in [5.74, 6) is 0. The molecule has 0 spiro atoms. The Balaban J connectivity index is 1.40. The number of piperidine rings is 1. The molecule has 2 aliphatic heterocycles. The van der Waals surface area contributed by atoms with Crippen LogP contribution in [0.25, 0.3) is 0 Å². The Morgan fingerprint density at radius 3 is 2.52 bits per heavy atom. The summed E-state index contributed by atoms with van der Waals surface area (Å²) in [6.07, 6.45) is 3.90. The molecule has 4 rings (SSSR count). The second-order valence-electron chi connectivity index (χ2n) is 7.01. The van der Waals surface area contributed by atoms with Crippen LogP contribution in [0.5, 0.6) is 0 Å². The van der Waals surface area contributed by atoms with Gasteiger partial charge in [-0.15, -0.1) is 0 Å². The molecule has 2 aromatic carbocycles. The van der Waals surface area contributed by atoms with Crippen molar-refractivity contribution in [3.8, 4) is 0 Å². The van der Waals surface area contributed by atoms with E-state index in [0.29, 0.717) is 0 Å². The van der Waals surface area contributed by atoms with Gasteiger partial charge in [-0.25, -0.2) is 0 Å². The summed E-state index contributed by atoms with van der Waals surface area (Å²) in [4.78, 5) is 5.36. The maximum Gasteiger partial charge on any atom is 0.0240 e. The first-order chi connectivity index (χ1) is 11.4. The molecule has 2 heterocycles. The molecule has 2 heteroatoms. The fourth-order valence-corrected chi connectivity index (χ4v) is 4.14. The number of hydrogen-bond donors (Lipinski definition) is 0. The van der Waals surface area contributed by atoms with E-state index in [2.05, 4.69) is 64.4 Å². The van der Waals surface area contributed by atoms with E-state index in [9.17, 15) is 0 Å². The molecule has 0 aromatic heterocycles. The van der Waals surface area contributed by atoms with Crippen LogP contribution >= 0.6 is 0 Å². The SMILES string of the molecule is c1ccc(CN2CCCC(N3CCc4ccccc4C3)C2)cc1. The smallest absolute Gasteiger partial charge is 0.0240 e. The summed E-state index contributed by atoms with van der Waals surface area (Å²) in [7, 11) is 0. The number of fused-ring (bicyclic) bond motifs is 1. The quantitative estimate of drug-likeness (QED) is 0.853. The van der Waals surface area contributed by atoms with Crippen molar-refractivity contribution in [3.05, 3.63) is 71.3 Å². The summed E-state index contributed by atoms with van der Waals surface area (Å²) in [5, 5.41) is 0. The Kier molecular flexibility index (Phi) is 4.45. The van der Waals surface area contributed by atoms with Gasteiger partial charge in [0.25, 0.3) is 0 Å². The Hall–Kier alpha value is -1.64. The lowest BCUT2D eigenvalue weighted by Crippen LogP contribution is -2.49. The first kappa shape index (κ1) is 14.9. The lowest BCUT2D eigenvalue weighted by atomic mass is 9.96. The fourth-order valence-electron chi connectivity index (χ4n) is 4.14. The van der Waals surface area contributed by atoms with E-state index in [1.165, 1.54) is 44.5 Å². The van der Waals surface area contributed by atoms with E-state index in [4.69, 9.17) is 0 Å². The number of benzene rings is 2. The van der Waals surface area contributed by atoms with E-state index < -0.39 is 0 Å². The molecule has 120 valence electrons. The van der Waals surface area contributed by atoms with Gasteiger partial charge in [0, 0.05) is 32.2 Å². The predicted molar refractivity (Wildman–Crippen MR) is 95.3 cm³/mol. The summed E-state index contributed by atoms with van der Waals surface area (Å²) >= 11 is 0. The van der Waals surface area contributed by atoms with Crippen LogP contribution in [-0.4, -0.2) is 35.5 Å². The van der Waals surface area contributed by atoms with Crippen molar-refractivity contribution in [1.82, 2.24) is 9.80 Å². The highest BCUT2D eigenvalue weighted by Crippen LogP contribution is 2.25. The van der Waals surface area contributed by atoms with Crippen molar-refractivity contribution in [1.29, 1.82) is 0 Å². The van der Waals surface area contributed by atoms with Crippen LogP contribution < -0.4 is 0 Å². The van der Waals surface area contributed by atoms with E-state index in [0.717, 1.165) is 19.1 Å². The standard InChI is InChI=1S/C21H26N2/c1-2-7-18(8-3-1)15-22-13-6-11-21(17-22)23-14-12-19-9-4-5-10-20(19)16-23/h1-5,7-10,21H,6,11-17H2. The van der Waals surface area contributed by atoms with E-state index in [1.807, 2.05) is 0 Å². The van der Waals surface area contributed by atoms with E-state index in [-0.39, 0.29) is 0 Å². The maximum atomic E-state index is 2.72. The monoisotopic (exact) mass is 306 g/mol. The molecule has 2 aliphatic rings. The van der Waals surface area contributed by atoms with Gasteiger partial charge in [0.1, 0.15) is 0 Å². The molecular weight excluding hydrogens is 280 g/mol. The summed E-state index contributed by atoms with van der Waals surface area (Å²) < 4.78 is 0. The molecule has 1 saturated heterocycles. The van der Waals surface area contributed by atoms with Gasteiger partial charge >= 0.3 is 0 Å². The fraction of sp³-hybridized carbons (Fsp3) is 0.429. The predicted octanol–water partition coefficient (Wildman–Crippen LogP) is 3.71. The van der Waals surface area contributed by atoms with Crippen LogP contribution in [0, 0.1) is 0 Å². The summed E-state index contributed by atoms with van der Waals surface area (Å²) in [6.45, 7) is 5.93. The van der Waals surface area contributed by atoms with Gasteiger partial charge in [-0.1, -0.05) is 54.6 Å². The highest BCUT2D eigenvalue weighted by atomic mass is 15.2. The van der Waals surface area contributed by atoms with Gasteiger partial charge in [-0.05, 0) is 42.5 Å². The minimum Gasteiger partial charge on any atom is -0.298 e. The zero-order valence-electron chi connectivity index (χ0n) is 13.8. The van der Waals surface area contributed by atoms with Gasteiger partial charge in [-0.3, -0.25) is 9.80 Å². The zero-order chi connectivity index (χ0) is 15.5. The van der Waals surface area contributed by atoms with Crippen LogP contribution in [0.15, 0.2) is 54.6 Å². The molecule has 0 radical (unpaired) electrons. The molecule has 2 nitrogen and oxygen atoms in total. The van der Waals surface area contributed by atoms with Gasteiger partial charge in [0.2, 0.25) is 0 Å². The van der Waals surface area contributed by atoms with Gasteiger partial charge in [0.05, 0.1) is 0 Å². The summed E-state index contributed by atoms with van der Waals surface area (Å²) in [5.41, 5.74) is 4.54. The topological polar surface area (TPSA) is 6.48 Å². The second kappa shape index (κ2) is 6.86. The second-order valence-corrected chi connectivity index (χ2v) is 7.01. The van der Waals surface area contributed by atoms with Crippen LogP contribution in [0.3, 0.4) is 0 Å². The third-order valence-corrected chi connectivity index (χ3v) is 5.41. The lowest BCUT2D eigenvalue weighted by Gasteiger charge is -2.41. The number of hydrogen-bond acceptors (Lipinski definition) is 2. The molecule has 0 bridgehead atoms. The van der Waals surface area contributed by atoms with Crippen molar-refractivity contribution < 1.29 is 0 Å². The first-order valence-electron chi connectivity index (χ1n) is 8.95. The highest BCUT2D eigenvalue weighted by Gasteiger charge is 2.27. The first-order valence-corrected chi connectivity index (χ1v) is 8.95. The molecule has 0 aliphatic carbocycles. The lowest BCUT2D eigenvalue weighted by molar-refractivity contribution is 0.0838. The van der Waals surface area contributed by atoms with Crippen molar-refractivity contribution in [2.45, 2.75) is 38.4 Å². The number of nitrogens with zero attached hydrogens (tertiary/aromatic N) is 2. The van der Waals surface area contributed by atoms with Gasteiger partial charge < -0.3 is 0 Å². The Bertz CT molecular complexity index is 637. The minimum absolute atomic E-state index is 0.723. The zero-order valence-corrected chi connectivity index (χ0v) is 13.8. The minimum atomic E-state index is 0.723. The third-order valence-electron chi connectivity index (χ3n) is 5.41. The van der Waals surface area contributed by atoms with Crippen LogP contribution in [0.1, 0.15) is 29.5 Å². The summed E-state index contributed by atoms with van der Waals surface area (Å²) in [6, 6.07) is 20.6. The third kappa shape index (κ3) is 3.49. The van der Waals surface area contributed by atoms with E-state index >= 15 is 0 Å². The van der Waals surface area contributed by atoms with Crippen LogP contribution in [0.2, 0.25) is 0 Å². The molecular formula is C21H26N2. The highest BCUT2D eigenvalue weighted by molar-refractivity contribution is 5.29. The molecule has 2 aromatic rings. The molecule has 0 saturated carbocycles. The molecule has 1 unspecified atom stereocenters. The van der Waals surface area contributed by atoms with Crippen molar-refractivity contribution in [2.75, 3.05) is 19.6 Å². The van der Waals surface area contributed by atoms with Crippen molar-refractivity contribution in [3.63, 3.8) is 0 Å². The van der Waals surface area contributed by atoms with E-state index in [1.54, 1.807) is 11.1 Å². The van der Waals surface area contributed by atoms with Crippen LogP contribution in [0.4, 0.5) is 0 Å². The van der Waals surface area contributed by atoms with Crippen LogP contribution in [-0.2, 0) is 19.5 Å². The largest absolute Gasteiger partial charge is 0.298 e. The molecule has 0 amide bonds.